The first-order chi connectivity index (χ1) is 32.0. The lowest BCUT2D eigenvalue weighted by molar-refractivity contribution is -0.144. The summed E-state index contributed by atoms with van der Waals surface area (Å²) in [5.74, 6) is 3.25. The van der Waals surface area contributed by atoms with Crippen LogP contribution in [0, 0.1) is 0 Å². The third kappa shape index (κ3) is 13.9. The molecular formula is C44H29BF24OS. The number of Topliss-reactive ketones (excluding diaryl/α,β-unsaturated/α-hetero) is 1. The monoisotopic (exact) mass is 1070 g/mol. The third-order valence-corrected chi connectivity index (χ3v) is 13.0. The number of alkyl halides is 24. The largest absolute Gasteiger partial charge is 0.416 e. The van der Waals surface area contributed by atoms with Gasteiger partial charge in [-0.15, -0.1) is 0 Å². The number of carbonyl (C=O) groups excluding carboxylic acids is 1. The second-order valence-electron chi connectivity index (χ2n) is 15.3. The van der Waals surface area contributed by atoms with E-state index in [1.165, 1.54) is 0 Å². The molecule has 27 heteroatoms. The van der Waals surface area contributed by atoms with E-state index in [2.05, 4.69) is 13.8 Å². The van der Waals surface area contributed by atoms with Gasteiger partial charge in [-0.2, -0.15) is 127 Å². The van der Waals surface area contributed by atoms with Gasteiger partial charge in [0.15, 0.2) is 5.75 Å². The van der Waals surface area contributed by atoms with Crippen molar-refractivity contribution < 1.29 is 110 Å². The molecule has 0 saturated carbocycles. The Hall–Kier alpha value is -5.50. The molecule has 5 aromatic carbocycles. The summed E-state index contributed by atoms with van der Waals surface area (Å²) in [5, 5.41) is 0. The Morgan fingerprint density at radius 3 is 0.718 bits per heavy atom. The fourth-order valence-electron chi connectivity index (χ4n) is 7.37. The molecule has 0 aliphatic rings. The third-order valence-electron chi connectivity index (χ3n) is 10.7. The summed E-state index contributed by atoms with van der Waals surface area (Å²) in [5.41, 5.74) is -29.4. The molecule has 0 unspecified atom stereocenters. The Morgan fingerprint density at radius 2 is 0.549 bits per heavy atom. The number of hydrogen-bond donors (Lipinski definition) is 0. The van der Waals surface area contributed by atoms with Crippen molar-refractivity contribution in [3.63, 3.8) is 0 Å². The van der Waals surface area contributed by atoms with Gasteiger partial charge < -0.3 is 0 Å². The number of hydrogen-bond acceptors (Lipinski definition) is 1. The molecule has 0 atom stereocenters. The van der Waals surface area contributed by atoms with Gasteiger partial charge in [0.05, 0.1) is 44.5 Å². The highest BCUT2D eigenvalue weighted by Gasteiger charge is 2.47. The van der Waals surface area contributed by atoms with E-state index in [0.29, 0.717) is 0 Å². The number of halogens is 24. The maximum Gasteiger partial charge on any atom is 0.416 e. The van der Waals surface area contributed by atoms with Crippen LogP contribution in [-0.2, 0) is 60.3 Å². The average Bonchev–Trinajstić information content (AvgIpc) is 3.23. The molecule has 0 bridgehead atoms. The number of ketones is 1. The zero-order chi connectivity index (χ0) is 54.3. The summed E-state index contributed by atoms with van der Waals surface area (Å²) in [6.07, 6.45) is -54.8. The molecule has 1 nitrogen and oxygen atoms in total. The smallest absolute Gasteiger partial charge is 0.289 e. The molecule has 0 aliphatic heterocycles. The van der Waals surface area contributed by atoms with Crippen molar-refractivity contribution in [2.45, 2.75) is 63.3 Å². The Labute approximate surface area is 388 Å². The van der Waals surface area contributed by atoms with Crippen LogP contribution in [0.15, 0.2) is 103 Å². The molecule has 0 aromatic heterocycles. The predicted octanol–water partition coefficient (Wildman–Crippen LogP) is 13.7. The van der Waals surface area contributed by atoms with E-state index in [9.17, 15) is 110 Å². The summed E-state index contributed by atoms with van der Waals surface area (Å²) in [6, 6.07) is 0.766. The highest BCUT2D eigenvalue weighted by molar-refractivity contribution is 7.97. The van der Waals surface area contributed by atoms with Crippen molar-refractivity contribution in [2.75, 3.05) is 17.3 Å². The Kier molecular flexibility index (Phi) is 16.5. The fourth-order valence-corrected chi connectivity index (χ4v) is 8.73. The first-order valence-corrected chi connectivity index (χ1v) is 21.3. The quantitative estimate of drug-likeness (QED) is 0.0622. The molecule has 0 radical (unpaired) electrons. The summed E-state index contributed by atoms with van der Waals surface area (Å²) >= 11 is 0. The van der Waals surface area contributed by atoms with Crippen LogP contribution in [0.5, 0.6) is 0 Å². The SMILES string of the molecule is CC[S+](CC)CC(=O)c1ccccc1.FC(F)(F)c1cc([B-](c2cc(C(F)(F)F)cc(C(F)(F)F)c2)(c2cc(C(F)(F)F)cc(C(F)(F)F)c2)c2cc(C(F)(F)F)cc(C(F)(F)F)c2)cc(C(F)(F)F)c1. The van der Waals surface area contributed by atoms with Crippen LogP contribution in [0.3, 0.4) is 0 Å². The van der Waals surface area contributed by atoms with E-state index >= 15 is 0 Å². The normalized spacial score (nSPS) is 13.6. The molecule has 5 aromatic rings. The lowest BCUT2D eigenvalue weighted by Gasteiger charge is -2.46. The summed E-state index contributed by atoms with van der Waals surface area (Å²) in [6.45, 7) is 4.32. The molecule has 0 saturated heterocycles. The highest BCUT2D eigenvalue weighted by atomic mass is 32.2. The maximum absolute atomic E-state index is 14.2. The van der Waals surface area contributed by atoms with Crippen LogP contribution in [0.25, 0.3) is 0 Å². The molecular weight excluding hydrogens is 1040 g/mol. The van der Waals surface area contributed by atoms with Gasteiger partial charge in [0.1, 0.15) is 17.7 Å². The van der Waals surface area contributed by atoms with Crippen molar-refractivity contribution in [1.29, 1.82) is 0 Å². The number of benzene rings is 5. The van der Waals surface area contributed by atoms with Gasteiger partial charge in [-0.3, -0.25) is 4.79 Å². The molecule has 0 N–H and O–H groups in total. The molecule has 0 spiro atoms. The number of rotatable bonds is 9. The summed E-state index contributed by atoms with van der Waals surface area (Å²) < 4.78 is 341. The first kappa shape index (κ1) is 58.1. The van der Waals surface area contributed by atoms with Gasteiger partial charge in [-0.25, -0.2) is 0 Å². The van der Waals surface area contributed by atoms with Gasteiger partial charge in [0.2, 0.25) is 5.78 Å². The van der Waals surface area contributed by atoms with E-state index in [1.807, 2.05) is 30.3 Å². The fraction of sp³-hybridized carbons (Fsp3) is 0.295. The second-order valence-corrected chi connectivity index (χ2v) is 18.0. The van der Waals surface area contributed by atoms with Crippen molar-refractivity contribution in [2.24, 2.45) is 0 Å². The second kappa shape index (κ2) is 20.2. The minimum absolute atomic E-state index is 0.281. The van der Waals surface area contributed by atoms with Crippen LogP contribution in [0.2, 0.25) is 0 Å². The zero-order valence-corrected chi connectivity index (χ0v) is 36.2. The Balaban J connectivity index is 0.000000671. The number of carbonyl (C=O) groups is 1. The van der Waals surface area contributed by atoms with Crippen LogP contribution >= 0.6 is 0 Å². The van der Waals surface area contributed by atoms with Crippen molar-refractivity contribution in [1.82, 2.24) is 0 Å². The molecule has 5 rings (SSSR count). The lowest BCUT2D eigenvalue weighted by Crippen LogP contribution is -2.75. The minimum atomic E-state index is -6.13. The van der Waals surface area contributed by atoms with Crippen LogP contribution < -0.4 is 21.9 Å². The van der Waals surface area contributed by atoms with Gasteiger partial charge in [0, 0.05) is 5.56 Å². The molecule has 0 aliphatic carbocycles. The predicted molar refractivity (Wildman–Crippen MR) is 214 cm³/mol. The van der Waals surface area contributed by atoms with Crippen LogP contribution in [0.1, 0.15) is 68.7 Å². The molecule has 0 fully saturated rings. The Morgan fingerprint density at radius 1 is 0.352 bits per heavy atom. The van der Waals surface area contributed by atoms with Gasteiger partial charge >= 0.3 is 49.4 Å². The minimum Gasteiger partial charge on any atom is -0.289 e. The zero-order valence-electron chi connectivity index (χ0n) is 35.4. The average molecular weight is 1070 g/mol. The molecule has 388 valence electrons. The lowest BCUT2D eigenvalue weighted by atomic mass is 9.12. The highest BCUT2D eigenvalue weighted by Crippen LogP contribution is 2.41. The van der Waals surface area contributed by atoms with Crippen molar-refractivity contribution in [3.8, 4) is 0 Å². The molecule has 71 heavy (non-hydrogen) atoms. The van der Waals surface area contributed by atoms with Crippen LogP contribution in [-0.4, -0.2) is 29.2 Å². The maximum atomic E-state index is 14.2. The summed E-state index contributed by atoms with van der Waals surface area (Å²) in [4.78, 5) is 11.8. The van der Waals surface area contributed by atoms with Gasteiger partial charge in [-0.05, 0) is 49.0 Å². The van der Waals surface area contributed by atoms with Crippen molar-refractivity contribution >= 4 is 44.7 Å². The summed E-state index contributed by atoms with van der Waals surface area (Å²) in [7, 11) is 0.281. The topological polar surface area (TPSA) is 17.1 Å². The van der Waals surface area contributed by atoms with E-state index in [0.717, 1.165) is 22.8 Å². The molecule has 0 heterocycles. The first-order valence-electron chi connectivity index (χ1n) is 19.6. The van der Waals surface area contributed by atoms with E-state index in [-0.39, 0.29) is 16.7 Å². The standard InChI is InChI=1S/C32H12BF24.C12H17OS/c34-25(35,36)13-1-14(26(37,38)39)6-21(5-13)33(22-7-15(27(40,41)42)2-16(8-22)28(43,44)45,23-9-17(29(46,47)48)3-18(10-23)30(49,50)51)24-11-19(31(52,53)54)4-20(12-24)32(55,56)57;1-3-14(4-2)10-12(13)11-8-6-5-7-9-11/h1-12H;5-9H,3-4,10H2,1-2H3/q-1;+1. The van der Waals surface area contributed by atoms with E-state index in [4.69, 9.17) is 0 Å². The van der Waals surface area contributed by atoms with E-state index in [1.54, 1.807) is 0 Å². The van der Waals surface area contributed by atoms with Crippen molar-refractivity contribution in [3.05, 3.63) is 153 Å². The molecule has 0 amide bonds. The van der Waals surface area contributed by atoms with Gasteiger partial charge in [-0.1, -0.05) is 78.9 Å². The van der Waals surface area contributed by atoms with E-state index < -0.39 is 195 Å². The van der Waals surface area contributed by atoms with Crippen LogP contribution in [0.4, 0.5) is 105 Å². The van der Waals surface area contributed by atoms with Gasteiger partial charge in [0.25, 0.3) is 0 Å². The Bertz CT molecular complexity index is 2230.